The Morgan fingerprint density at radius 3 is 2.45 bits per heavy atom. The first-order valence-corrected chi connectivity index (χ1v) is 10.9. The lowest BCUT2D eigenvalue weighted by atomic mass is 9.87. The molecule has 2 amide bonds. The van der Waals surface area contributed by atoms with Crippen LogP contribution in [0, 0.1) is 11.8 Å². The standard InChI is InChI=1S/C24H27ClN2O4/c1-30-18-9-10-22(31-2)19(11-18)20-13-27(24(29)16-5-7-17(25)8-6-16)14-21(20)23(28)26-12-15-3-4-15/h5-11,15,20-21H,3-4,12-14H2,1-2H3,(H,26,28). The number of carbonyl (C=O) groups is 2. The Kier molecular flexibility index (Phi) is 6.37. The number of likely N-dealkylation sites (tertiary alicyclic amines) is 1. The van der Waals surface area contributed by atoms with Crippen molar-refractivity contribution in [3.63, 3.8) is 0 Å². The van der Waals surface area contributed by atoms with Gasteiger partial charge in [0.15, 0.2) is 0 Å². The summed E-state index contributed by atoms with van der Waals surface area (Å²) in [6.07, 6.45) is 2.33. The molecule has 2 aliphatic rings. The van der Waals surface area contributed by atoms with Crippen molar-refractivity contribution in [2.24, 2.45) is 11.8 Å². The number of rotatable bonds is 7. The van der Waals surface area contributed by atoms with Gasteiger partial charge in [0.1, 0.15) is 11.5 Å². The van der Waals surface area contributed by atoms with Crippen LogP contribution >= 0.6 is 11.6 Å². The molecule has 0 bridgehead atoms. The molecule has 2 fully saturated rings. The van der Waals surface area contributed by atoms with E-state index < -0.39 is 0 Å². The average molecular weight is 443 g/mol. The van der Waals surface area contributed by atoms with Gasteiger partial charge in [-0.15, -0.1) is 0 Å². The predicted octanol–water partition coefficient (Wildman–Crippen LogP) is 3.74. The Hall–Kier alpha value is -2.73. The first-order valence-electron chi connectivity index (χ1n) is 10.5. The molecule has 2 aromatic carbocycles. The van der Waals surface area contributed by atoms with Crippen molar-refractivity contribution in [1.29, 1.82) is 0 Å². The first kappa shape index (κ1) is 21.5. The monoisotopic (exact) mass is 442 g/mol. The molecule has 2 unspecified atom stereocenters. The van der Waals surface area contributed by atoms with Crippen LogP contribution < -0.4 is 14.8 Å². The molecule has 6 nitrogen and oxygen atoms in total. The lowest BCUT2D eigenvalue weighted by molar-refractivity contribution is -0.125. The summed E-state index contributed by atoms with van der Waals surface area (Å²) in [5.74, 6) is 1.27. The summed E-state index contributed by atoms with van der Waals surface area (Å²) in [7, 11) is 3.22. The van der Waals surface area contributed by atoms with Gasteiger partial charge in [-0.3, -0.25) is 9.59 Å². The molecule has 1 saturated heterocycles. The van der Waals surface area contributed by atoms with Crippen molar-refractivity contribution >= 4 is 23.4 Å². The maximum atomic E-state index is 13.2. The van der Waals surface area contributed by atoms with Crippen molar-refractivity contribution in [1.82, 2.24) is 10.2 Å². The molecule has 1 aliphatic carbocycles. The Morgan fingerprint density at radius 2 is 1.81 bits per heavy atom. The van der Waals surface area contributed by atoms with E-state index in [1.54, 1.807) is 43.4 Å². The van der Waals surface area contributed by atoms with Crippen molar-refractivity contribution in [3.8, 4) is 11.5 Å². The van der Waals surface area contributed by atoms with Gasteiger partial charge in [0, 0.05) is 41.7 Å². The number of hydrogen-bond donors (Lipinski definition) is 1. The SMILES string of the molecule is COc1ccc(OC)c(C2CN(C(=O)c3ccc(Cl)cc3)CC2C(=O)NCC2CC2)c1. The fraction of sp³-hybridized carbons (Fsp3) is 0.417. The number of halogens is 1. The summed E-state index contributed by atoms with van der Waals surface area (Å²) in [5, 5.41) is 3.67. The smallest absolute Gasteiger partial charge is 0.253 e. The van der Waals surface area contributed by atoms with Crippen LogP contribution in [0.15, 0.2) is 42.5 Å². The van der Waals surface area contributed by atoms with E-state index in [0.717, 1.165) is 5.56 Å². The summed E-state index contributed by atoms with van der Waals surface area (Å²) in [4.78, 5) is 28.0. The van der Waals surface area contributed by atoms with E-state index in [1.165, 1.54) is 12.8 Å². The molecule has 2 atom stereocenters. The minimum absolute atomic E-state index is 0.0202. The Labute approximate surface area is 187 Å². The van der Waals surface area contributed by atoms with Crippen LogP contribution in [0.5, 0.6) is 11.5 Å². The van der Waals surface area contributed by atoms with Gasteiger partial charge in [0.25, 0.3) is 5.91 Å². The zero-order chi connectivity index (χ0) is 22.0. The Balaban J connectivity index is 1.62. The van der Waals surface area contributed by atoms with E-state index in [0.29, 0.717) is 47.6 Å². The van der Waals surface area contributed by atoms with Gasteiger partial charge >= 0.3 is 0 Å². The number of ether oxygens (including phenoxy) is 2. The van der Waals surface area contributed by atoms with Crippen LogP contribution in [0.3, 0.4) is 0 Å². The molecule has 4 rings (SSSR count). The zero-order valence-electron chi connectivity index (χ0n) is 17.8. The highest BCUT2D eigenvalue weighted by Crippen LogP contribution is 2.40. The Morgan fingerprint density at radius 1 is 1.06 bits per heavy atom. The van der Waals surface area contributed by atoms with Crippen LogP contribution in [-0.2, 0) is 4.79 Å². The number of amides is 2. The van der Waals surface area contributed by atoms with Gasteiger partial charge in [-0.25, -0.2) is 0 Å². The van der Waals surface area contributed by atoms with E-state index >= 15 is 0 Å². The van der Waals surface area contributed by atoms with Gasteiger partial charge in [0.05, 0.1) is 20.1 Å². The van der Waals surface area contributed by atoms with Crippen molar-refractivity contribution in [2.75, 3.05) is 33.9 Å². The average Bonchev–Trinajstić information content (AvgIpc) is 3.52. The molecule has 2 aromatic rings. The van der Waals surface area contributed by atoms with Gasteiger partial charge < -0.3 is 19.7 Å². The maximum Gasteiger partial charge on any atom is 0.253 e. The predicted molar refractivity (Wildman–Crippen MR) is 119 cm³/mol. The van der Waals surface area contributed by atoms with Gasteiger partial charge in [-0.2, -0.15) is 0 Å². The second-order valence-corrected chi connectivity index (χ2v) is 8.66. The minimum Gasteiger partial charge on any atom is -0.497 e. The second kappa shape index (κ2) is 9.18. The van der Waals surface area contributed by atoms with Gasteiger partial charge in [0.2, 0.25) is 5.91 Å². The van der Waals surface area contributed by atoms with Crippen LogP contribution in [0.2, 0.25) is 5.02 Å². The largest absolute Gasteiger partial charge is 0.497 e. The fourth-order valence-corrected chi connectivity index (χ4v) is 4.28. The fourth-order valence-electron chi connectivity index (χ4n) is 4.15. The number of carbonyl (C=O) groups excluding carboxylic acids is 2. The third-order valence-electron chi connectivity index (χ3n) is 6.13. The molecule has 1 aliphatic heterocycles. The molecular weight excluding hydrogens is 416 g/mol. The number of nitrogens with one attached hydrogen (secondary N) is 1. The molecule has 1 N–H and O–H groups in total. The van der Waals surface area contributed by atoms with E-state index in [9.17, 15) is 9.59 Å². The molecule has 0 radical (unpaired) electrons. The molecule has 0 aromatic heterocycles. The third kappa shape index (κ3) is 4.79. The Bertz CT molecular complexity index is 959. The lowest BCUT2D eigenvalue weighted by Crippen LogP contribution is -2.36. The first-order chi connectivity index (χ1) is 15.0. The van der Waals surface area contributed by atoms with E-state index in [-0.39, 0.29) is 23.7 Å². The number of benzene rings is 2. The zero-order valence-corrected chi connectivity index (χ0v) is 18.5. The molecule has 1 heterocycles. The topological polar surface area (TPSA) is 67.9 Å². The summed E-state index contributed by atoms with van der Waals surface area (Å²) < 4.78 is 11.0. The number of hydrogen-bond acceptors (Lipinski definition) is 4. The molecule has 164 valence electrons. The highest BCUT2D eigenvalue weighted by molar-refractivity contribution is 6.30. The quantitative estimate of drug-likeness (QED) is 0.709. The number of nitrogens with zero attached hydrogens (tertiary/aromatic N) is 1. The lowest BCUT2D eigenvalue weighted by Gasteiger charge is -2.21. The van der Waals surface area contributed by atoms with E-state index in [2.05, 4.69) is 5.32 Å². The van der Waals surface area contributed by atoms with E-state index in [4.69, 9.17) is 21.1 Å². The van der Waals surface area contributed by atoms with Crippen LogP contribution in [0.25, 0.3) is 0 Å². The van der Waals surface area contributed by atoms with Crippen molar-refractivity contribution in [3.05, 3.63) is 58.6 Å². The molecule has 1 saturated carbocycles. The molecule has 7 heteroatoms. The summed E-state index contributed by atoms with van der Waals surface area (Å²) in [6, 6.07) is 12.4. The normalized spacial score (nSPS) is 20.4. The van der Waals surface area contributed by atoms with Crippen LogP contribution in [0.1, 0.15) is 34.7 Å². The number of methoxy groups -OCH3 is 2. The summed E-state index contributed by atoms with van der Waals surface area (Å²) >= 11 is 5.97. The van der Waals surface area contributed by atoms with E-state index in [1.807, 2.05) is 18.2 Å². The molecule has 0 spiro atoms. The molecule has 31 heavy (non-hydrogen) atoms. The maximum absolute atomic E-state index is 13.2. The van der Waals surface area contributed by atoms with Crippen LogP contribution in [-0.4, -0.2) is 50.6 Å². The van der Waals surface area contributed by atoms with Crippen molar-refractivity contribution in [2.45, 2.75) is 18.8 Å². The molecular formula is C24H27ClN2O4. The minimum atomic E-state index is -0.365. The van der Waals surface area contributed by atoms with Crippen molar-refractivity contribution < 1.29 is 19.1 Å². The second-order valence-electron chi connectivity index (χ2n) is 8.23. The summed E-state index contributed by atoms with van der Waals surface area (Å²) in [5.41, 5.74) is 1.43. The third-order valence-corrected chi connectivity index (χ3v) is 6.39. The highest BCUT2D eigenvalue weighted by Gasteiger charge is 2.42. The highest BCUT2D eigenvalue weighted by atomic mass is 35.5. The van der Waals surface area contributed by atoms with Crippen LogP contribution in [0.4, 0.5) is 0 Å². The van der Waals surface area contributed by atoms with Gasteiger partial charge in [-0.05, 0) is 61.2 Å². The van der Waals surface area contributed by atoms with Gasteiger partial charge in [-0.1, -0.05) is 11.6 Å². The summed E-state index contributed by atoms with van der Waals surface area (Å²) in [6.45, 7) is 1.47.